The fraction of sp³-hybridized carbons (Fsp3) is 0.409. The monoisotopic (exact) mass is 438 g/mol. The van der Waals surface area contributed by atoms with Gasteiger partial charge in [-0.15, -0.1) is 11.3 Å². The van der Waals surface area contributed by atoms with Crippen LogP contribution in [0.3, 0.4) is 0 Å². The Morgan fingerprint density at radius 3 is 2.77 bits per heavy atom. The highest BCUT2D eigenvalue weighted by Gasteiger charge is 2.39. The zero-order valence-electron chi connectivity index (χ0n) is 17.9. The van der Waals surface area contributed by atoms with Gasteiger partial charge in [-0.3, -0.25) is 24.2 Å². The molecule has 1 fully saturated rings. The third-order valence-electron chi connectivity index (χ3n) is 5.36. The Balaban J connectivity index is 1.44. The fourth-order valence-electron chi connectivity index (χ4n) is 3.81. The Labute approximate surface area is 185 Å². The van der Waals surface area contributed by atoms with Crippen LogP contribution in [0.15, 0.2) is 42.3 Å². The maximum absolute atomic E-state index is 12.7. The molecule has 4 rings (SSSR count). The van der Waals surface area contributed by atoms with E-state index in [0.717, 1.165) is 21.8 Å². The van der Waals surface area contributed by atoms with Crippen molar-refractivity contribution in [2.45, 2.75) is 39.3 Å². The molecule has 1 unspecified atom stereocenters. The van der Waals surface area contributed by atoms with Crippen LogP contribution in [-0.4, -0.2) is 55.1 Å². The average Bonchev–Trinajstić information content (AvgIpc) is 3.47. The zero-order valence-corrected chi connectivity index (χ0v) is 18.7. The lowest BCUT2D eigenvalue weighted by molar-refractivity contribution is -0.132. The first-order valence-electron chi connectivity index (χ1n) is 10.3. The van der Waals surface area contributed by atoms with E-state index in [1.54, 1.807) is 41.0 Å². The molecule has 0 spiro atoms. The first-order valence-corrected chi connectivity index (χ1v) is 11.2. The Kier molecular flexibility index (Phi) is 5.86. The maximum atomic E-state index is 12.7. The largest absolute Gasteiger partial charge is 0.354 e. The quantitative estimate of drug-likeness (QED) is 0.639. The summed E-state index contributed by atoms with van der Waals surface area (Å²) in [6, 6.07) is 4.04. The van der Waals surface area contributed by atoms with Crippen LogP contribution in [0.5, 0.6) is 0 Å². The minimum Gasteiger partial charge on any atom is -0.354 e. The minimum absolute atomic E-state index is 0.0355. The van der Waals surface area contributed by atoms with Gasteiger partial charge in [0.25, 0.3) is 0 Å². The third-order valence-corrected chi connectivity index (χ3v) is 6.24. The van der Waals surface area contributed by atoms with Crippen LogP contribution >= 0.6 is 11.3 Å². The first kappa shape index (κ1) is 21.2. The van der Waals surface area contributed by atoms with Gasteiger partial charge < -0.3 is 10.2 Å². The van der Waals surface area contributed by atoms with Crippen LogP contribution in [-0.2, 0) is 16.1 Å². The van der Waals surface area contributed by atoms with Crippen molar-refractivity contribution in [3.8, 4) is 21.8 Å². The molecule has 4 heterocycles. The molecule has 0 aromatic carbocycles. The Hall–Kier alpha value is -3.07. The van der Waals surface area contributed by atoms with E-state index in [2.05, 4.69) is 20.4 Å². The maximum Gasteiger partial charge on any atom is 0.225 e. The molecule has 3 aromatic rings. The molecule has 9 heteroatoms. The number of hydrogen-bond acceptors (Lipinski definition) is 6. The highest BCUT2D eigenvalue weighted by Crippen LogP contribution is 2.33. The van der Waals surface area contributed by atoms with Gasteiger partial charge in [0.2, 0.25) is 11.8 Å². The smallest absolute Gasteiger partial charge is 0.225 e. The lowest BCUT2D eigenvalue weighted by atomic mass is 10.1. The van der Waals surface area contributed by atoms with Gasteiger partial charge in [-0.2, -0.15) is 5.10 Å². The van der Waals surface area contributed by atoms with Crippen molar-refractivity contribution in [1.82, 2.24) is 30.0 Å². The molecule has 1 N–H and O–H groups in total. The van der Waals surface area contributed by atoms with Crippen molar-refractivity contribution >= 4 is 23.2 Å². The van der Waals surface area contributed by atoms with Gasteiger partial charge in [0.1, 0.15) is 0 Å². The summed E-state index contributed by atoms with van der Waals surface area (Å²) in [6.45, 7) is 7.38. The predicted molar refractivity (Wildman–Crippen MR) is 119 cm³/mol. The second-order valence-corrected chi connectivity index (χ2v) is 9.51. The van der Waals surface area contributed by atoms with Gasteiger partial charge in [-0.05, 0) is 32.2 Å². The number of amides is 2. The predicted octanol–water partition coefficient (Wildman–Crippen LogP) is 2.83. The number of carbonyl (C=O) groups is 2. The van der Waals surface area contributed by atoms with E-state index in [0.29, 0.717) is 19.6 Å². The normalized spacial score (nSPS) is 16.7. The van der Waals surface area contributed by atoms with Crippen molar-refractivity contribution < 1.29 is 9.59 Å². The molecule has 1 aliphatic heterocycles. The number of rotatable bonds is 6. The number of aromatic nitrogens is 4. The van der Waals surface area contributed by atoms with Crippen LogP contribution in [0.4, 0.5) is 0 Å². The van der Waals surface area contributed by atoms with Gasteiger partial charge in [0, 0.05) is 43.0 Å². The standard InChI is InChI=1S/C22H26N6O2S/c1-22(2,3)27-14-15(11-19(27)29)21(30)25-8-9-28-20(18-5-4-10-31-18)16(12-26-28)17-13-23-6-7-24-17/h4-7,10,12-13,15H,8-9,11,14H2,1-3H3,(H,25,30). The van der Waals surface area contributed by atoms with Gasteiger partial charge in [0.05, 0.1) is 41.1 Å². The van der Waals surface area contributed by atoms with E-state index in [4.69, 9.17) is 0 Å². The molecule has 1 saturated heterocycles. The summed E-state index contributed by atoms with van der Waals surface area (Å²) in [7, 11) is 0. The average molecular weight is 439 g/mol. The summed E-state index contributed by atoms with van der Waals surface area (Å²) < 4.78 is 1.89. The van der Waals surface area contributed by atoms with E-state index < -0.39 is 0 Å². The minimum atomic E-state index is -0.309. The summed E-state index contributed by atoms with van der Waals surface area (Å²) in [5.41, 5.74) is 2.35. The van der Waals surface area contributed by atoms with Crippen LogP contribution in [0.2, 0.25) is 0 Å². The first-order chi connectivity index (χ1) is 14.8. The molecule has 162 valence electrons. The molecular weight excluding hydrogens is 412 g/mol. The van der Waals surface area contributed by atoms with Crippen molar-refractivity contribution in [1.29, 1.82) is 0 Å². The second-order valence-electron chi connectivity index (χ2n) is 8.57. The van der Waals surface area contributed by atoms with E-state index in [1.807, 2.05) is 43.0 Å². The van der Waals surface area contributed by atoms with Crippen molar-refractivity contribution in [3.63, 3.8) is 0 Å². The molecule has 1 atom stereocenters. The zero-order chi connectivity index (χ0) is 22.0. The van der Waals surface area contributed by atoms with Crippen LogP contribution < -0.4 is 5.32 Å². The molecule has 0 bridgehead atoms. The van der Waals surface area contributed by atoms with E-state index in [9.17, 15) is 9.59 Å². The highest BCUT2D eigenvalue weighted by molar-refractivity contribution is 7.13. The Morgan fingerprint density at radius 2 is 2.13 bits per heavy atom. The number of likely N-dealkylation sites (tertiary alicyclic amines) is 1. The summed E-state index contributed by atoms with van der Waals surface area (Å²) >= 11 is 1.63. The molecule has 1 aliphatic rings. The number of carbonyl (C=O) groups excluding carboxylic acids is 2. The fourth-order valence-corrected chi connectivity index (χ4v) is 4.60. The van der Waals surface area contributed by atoms with E-state index in [-0.39, 0.29) is 29.7 Å². The SMILES string of the molecule is CC(C)(C)N1CC(C(=O)NCCn2ncc(-c3cnccn3)c2-c2cccs2)CC1=O. The molecule has 0 saturated carbocycles. The van der Waals surface area contributed by atoms with E-state index in [1.165, 1.54) is 0 Å². The number of hydrogen-bond donors (Lipinski definition) is 1. The summed E-state index contributed by atoms with van der Waals surface area (Å²) in [4.78, 5) is 36.4. The van der Waals surface area contributed by atoms with Crippen LogP contribution in [0.1, 0.15) is 27.2 Å². The number of nitrogens with zero attached hydrogens (tertiary/aromatic N) is 5. The van der Waals surface area contributed by atoms with Crippen molar-refractivity contribution in [2.24, 2.45) is 5.92 Å². The van der Waals surface area contributed by atoms with Crippen LogP contribution in [0.25, 0.3) is 21.8 Å². The lowest BCUT2D eigenvalue weighted by Gasteiger charge is -2.31. The highest BCUT2D eigenvalue weighted by atomic mass is 32.1. The molecule has 0 radical (unpaired) electrons. The summed E-state index contributed by atoms with van der Waals surface area (Å²) in [5.74, 6) is -0.358. The molecular formula is C22H26N6O2S. The summed E-state index contributed by atoms with van der Waals surface area (Å²) in [5, 5.41) is 9.55. The van der Waals surface area contributed by atoms with E-state index >= 15 is 0 Å². The number of nitrogens with one attached hydrogen (secondary N) is 1. The third kappa shape index (κ3) is 4.51. The van der Waals surface area contributed by atoms with Crippen LogP contribution in [0, 0.1) is 5.92 Å². The number of thiophene rings is 1. The van der Waals surface area contributed by atoms with Gasteiger partial charge in [0.15, 0.2) is 0 Å². The summed E-state index contributed by atoms with van der Waals surface area (Å²) in [6.07, 6.45) is 7.08. The Bertz CT molecular complexity index is 1060. The Morgan fingerprint density at radius 1 is 1.29 bits per heavy atom. The molecule has 2 amide bonds. The van der Waals surface area contributed by atoms with Crippen molar-refractivity contribution in [2.75, 3.05) is 13.1 Å². The lowest BCUT2D eigenvalue weighted by Crippen LogP contribution is -2.43. The molecule has 0 aliphatic carbocycles. The van der Waals surface area contributed by atoms with Gasteiger partial charge in [-0.1, -0.05) is 6.07 Å². The van der Waals surface area contributed by atoms with Gasteiger partial charge >= 0.3 is 0 Å². The molecule has 8 nitrogen and oxygen atoms in total. The molecule has 31 heavy (non-hydrogen) atoms. The second kappa shape index (κ2) is 8.58. The topological polar surface area (TPSA) is 93.0 Å². The molecule has 3 aromatic heterocycles. The van der Waals surface area contributed by atoms with Crippen molar-refractivity contribution in [3.05, 3.63) is 42.3 Å². The van der Waals surface area contributed by atoms with Gasteiger partial charge in [-0.25, -0.2) is 0 Å².